The molecular formula is C19H16N4O7. The number of rotatable bonds is 5. The third-order valence-corrected chi connectivity index (χ3v) is 3.80. The summed E-state index contributed by atoms with van der Waals surface area (Å²) in [7, 11) is 0. The van der Waals surface area contributed by atoms with Crippen molar-refractivity contribution >= 4 is 22.8 Å². The number of nitrogen functional groups attached to an aromatic ring is 1. The minimum absolute atomic E-state index is 0.0283. The molecule has 5 N–H and O–H groups in total. The SMILES string of the molecule is NNc1ccc([N+](=O)[O-])cc1[N+](=O)[O-].O=C(c1ccc(O)cc1)c1ccc(O)cc1. The smallest absolute Gasteiger partial charge is 0.300 e. The lowest BCUT2D eigenvalue weighted by Gasteiger charge is -2.01. The van der Waals surface area contributed by atoms with Crippen molar-refractivity contribution in [2.75, 3.05) is 5.43 Å². The second kappa shape index (κ2) is 9.61. The summed E-state index contributed by atoms with van der Waals surface area (Å²) in [4.78, 5) is 31.2. The van der Waals surface area contributed by atoms with Gasteiger partial charge in [-0.25, -0.2) is 0 Å². The first kappa shape index (κ1) is 21.8. The Balaban J connectivity index is 0.000000216. The van der Waals surface area contributed by atoms with Gasteiger partial charge in [0, 0.05) is 17.2 Å². The van der Waals surface area contributed by atoms with Gasteiger partial charge in [0.1, 0.15) is 17.2 Å². The maximum absolute atomic E-state index is 11.9. The molecule has 0 amide bonds. The van der Waals surface area contributed by atoms with E-state index in [0.29, 0.717) is 11.1 Å². The van der Waals surface area contributed by atoms with Gasteiger partial charge < -0.3 is 15.6 Å². The van der Waals surface area contributed by atoms with Crippen LogP contribution in [0.4, 0.5) is 17.1 Å². The summed E-state index contributed by atoms with van der Waals surface area (Å²) >= 11 is 0. The quantitative estimate of drug-likeness (QED) is 0.212. The van der Waals surface area contributed by atoms with Crippen molar-refractivity contribution in [2.45, 2.75) is 0 Å². The van der Waals surface area contributed by atoms with Gasteiger partial charge in [-0.2, -0.15) is 0 Å². The lowest BCUT2D eigenvalue weighted by Crippen LogP contribution is -2.09. The zero-order valence-electron chi connectivity index (χ0n) is 15.3. The number of non-ortho nitro benzene ring substituents is 1. The number of ketones is 1. The van der Waals surface area contributed by atoms with Crippen LogP contribution >= 0.6 is 0 Å². The number of anilines is 1. The van der Waals surface area contributed by atoms with Crippen molar-refractivity contribution in [3.8, 4) is 11.5 Å². The molecule has 0 fully saturated rings. The Morgan fingerprint density at radius 3 is 1.63 bits per heavy atom. The number of hydrogen-bond acceptors (Lipinski definition) is 9. The van der Waals surface area contributed by atoms with Crippen molar-refractivity contribution in [2.24, 2.45) is 5.84 Å². The number of phenolic OH excluding ortho intramolecular Hbond substituents is 2. The maximum atomic E-state index is 11.9. The molecule has 0 heterocycles. The van der Waals surface area contributed by atoms with Crippen molar-refractivity contribution in [1.82, 2.24) is 0 Å². The Labute approximate surface area is 169 Å². The van der Waals surface area contributed by atoms with Crippen LogP contribution in [0, 0.1) is 20.2 Å². The molecule has 3 aromatic carbocycles. The van der Waals surface area contributed by atoms with Gasteiger partial charge in [-0.05, 0) is 54.6 Å². The number of phenols is 2. The first-order valence-electron chi connectivity index (χ1n) is 8.25. The monoisotopic (exact) mass is 412 g/mol. The molecule has 3 rings (SSSR count). The van der Waals surface area contributed by atoms with Crippen molar-refractivity contribution < 1.29 is 24.9 Å². The molecule has 0 aliphatic heterocycles. The first-order chi connectivity index (χ1) is 14.2. The van der Waals surface area contributed by atoms with Gasteiger partial charge in [-0.15, -0.1) is 0 Å². The van der Waals surface area contributed by atoms with Crippen LogP contribution in [-0.2, 0) is 0 Å². The Morgan fingerprint density at radius 2 is 1.27 bits per heavy atom. The summed E-state index contributed by atoms with van der Waals surface area (Å²) in [6.07, 6.45) is 0. The van der Waals surface area contributed by atoms with Crippen LogP contribution in [0.2, 0.25) is 0 Å². The molecule has 0 radical (unpaired) electrons. The molecule has 0 saturated heterocycles. The van der Waals surface area contributed by atoms with E-state index in [1.807, 2.05) is 0 Å². The zero-order valence-corrected chi connectivity index (χ0v) is 15.3. The number of nitrogens with two attached hydrogens (primary N) is 1. The molecule has 30 heavy (non-hydrogen) atoms. The summed E-state index contributed by atoms with van der Waals surface area (Å²) in [6.45, 7) is 0. The van der Waals surface area contributed by atoms with Gasteiger partial charge in [0.2, 0.25) is 0 Å². The Morgan fingerprint density at radius 1 is 0.800 bits per heavy atom. The Bertz CT molecular complexity index is 1020. The number of carbonyl (C=O) groups excluding carboxylic acids is 1. The fourth-order valence-electron chi connectivity index (χ4n) is 2.30. The van der Waals surface area contributed by atoms with Crippen LogP contribution in [0.15, 0.2) is 66.7 Å². The number of aromatic hydroxyl groups is 2. The van der Waals surface area contributed by atoms with Crippen LogP contribution in [0.3, 0.4) is 0 Å². The molecule has 0 saturated carbocycles. The van der Waals surface area contributed by atoms with Crippen molar-refractivity contribution in [3.63, 3.8) is 0 Å². The average molecular weight is 412 g/mol. The van der Waals surface area contributed by atoms with Gasteiger partial charge in [0.15, 0.2) is 5.78 Å². The molecule has 0 aliphatic rings. The van der Waals surface area contributed by atoms with E-state index in [1.54, 1.807) is 24.3 Å². The Kier molecular flexibility index (Phi) is 6.98. The van der Waals surface area contributed by atoms with E-state index in [-0.39, 0.29) is 28.7 Å². The fraction of sp³-hybridized carbons (Fsp3) is 0. The van der Waals surface area contributed by atoms with Crippen LogP contribution in [0.25, 0.3) is 0 Å². The highest BCUT2D eigenvalue weighted by Gasteiger charge is 2.18. The van der Waals surface area contributed by atoms with E-state index in [2.05, 4.69) is 5.43 Å². The lowest BCUT2D eigenvalue weighted by atomic mass is 10.0. The number of hydrazine groups is 1. The largest absolute Gasteiger partial charge is 0.508 e. The second-order valence-corrected chi connectivity index (χ2v) is 5.78. The molecule has 0 aliphatic carbocycles. The molecule has 154 valence electrons. The van der Waals surface area contributed by atoms with Crippen LogP contribution in [0.1, 0.15) is 15.9 Å². The predicted octanol–water partition coefficient (Wildman–Crippen LogP) is 3.12. The topological polar surface area (TPSA) is 182 Å². The predicted molar refractivity (Wildman–Crippen MR) is 107 cm³/mol. The molecule has 11 heteroatoms. The number of hydrogen-bond donors (Lipinski definition) is 4. The molecule has 11 nitrogen and oxygen atoms in total. The number of benzene rings is 3. The van der Waals surface area contributed by atoms with E-state index in [0.717, 1.165) is 12.1 Å². The molecule has 0 aromatic heterocycles. The molecule has 3 aromatic rings. The fourth-order valence-corrected chi connectivity index (χ4v) is 2.30. The van der Waals surface area contributed by atoms with Crippen LogP contribution in [-0.4, -0.2) is 25.8 Å². The lowest BCUT2D eigenvalue weighted by molar-refractivity contribution is -0.393. The van der Waals surface area contributed by atoms with Crippen LogP contribution in [0.5, 0.6) is 11.5 Å². The minimum atomic E-state index is -0.748. The molecule has 0 atom stereocenters. The standard InChI is InChI=1S/C13H10O3.C6H6N4O4/c14-11-5-1-9(2-6-11)13(16)10-3-7-12(15)8-4-10;7-8-5-2-1-4(9(11)12)3-6(5)10(13)14/h1-8,14-15H;1-3,8H,7H2. The zero-order chi connectivity index (χ0) is 22.3. The first-order valence-corrected chi connectivity index (χ1v) is 8.25. The van der Waals surface area contributed by atoms with Gasteiger partial charge in [-0.1, -0.05) is 0 Å². The third-order valence-electron chi connectivity index (χ3n) is 3.80. The van der Waals surface area contributed by atoms with Crippen molar-refractivity contribution in [3.05, 3.63) is 98.1 Å². The molecule has 0 spiro atoms. The van der Waals surface area contributed by atoms with Gasteiger partial charge in [-0.3, -0.25) is 30.9 Å². The van der Waals surface area contributed by atoms with E-state index in [4.69, 9.17) is 16.1 Å². The minimum Gasteiger partial charge on any atom is -0.508 e. The third kappa shape index (κ3) is 5.50. The van der Waals surface area contributed by atoms with Crippen LogP contribution < -0.4 is 11.3 Å². The van der Waals surface area contributed by atoms with E-state index < -0.39 is 15.5 Å². The van der Waals surface area contributed by atoms with Crippen molar-refractivity contribution in [1.29, 1.82) is 0 Å². The summed E-state index contributed by atoms with van der Waals surface area (Å²) in [6, 6.07) is 15.3. The van der Waals surface area contributed by atoms with E-state index in [9.17, 15) is 25.0 Å². The highest BCUT2D eigenvalue weighted by Crippen LogP contribution is 2.27. The highest BCUT2D eigenvalue weighted by atomic mass is 16.6. The molecule has 0 unspecified atom stereocenters. The summed E-state index contributed by atoms with van der Waals surface area (Å²) in [5.74, 6) is 5.11. The number of nitrogens with zero attached hydrogens (tertiary/aromatic N) is 2. The molecule has 0 bridgehead atoms. The molecular weight excluding hydrogens is 396 g/mol. The van der Waals surface area contributed by atoms with Gasteiger partial charge in [0.25, 0.3) is 5.69 Å². The maximum Gasteiger partial charge on any atom is 0.300 e. The number of carbonyl (C=O) groups is 1. The average Bonchev–Trinajstić information content (AvgIpc) is 2.74. The van der Waals surface area contributed by atoms with Gasteiger partial charge >= 0.3 is 5.69 Å². The van der Waals surface area contributed by atoms with E-state index in [1.165, 1.54) is 30.3 Å². The summed E-state index contributed by atoms with van der Waals surface area (Å²) in [5.41, 5.74) is 2.33. The Hall–Kier alpha value is -4.51. The summed E-state index contributed by atoms with van der Waals surface area (Å²) in [5, 5.41) is 39.0. The van der Waals surface area contributed by atoms with E-state index >= 15 is 0 Å². The summed E-state index contributed by atoms with van der Waals surface area (Å²) < 4.78 is 0. The number of nitrogens with one attached hydrogen (secondary N) is 1. The van der Waals surface area contributed by atoms with Gasteiger partial charge in [0.05, 0.1) is 15.9 Å². The number of nitro benzene ring substituents is 2. The highest BCUT2D eigenvalue weighted by molar-refractivity contribution is 6.09. The number of nitro groups is 2. The second-order valence-electron chi connectivity index (χ2n) is 5.78. The normalized spacial score (nSPS) is 9.77.